The Balaban J connectivity index is 2.06. The molecule has 3 aromatic rings. The molecule has 21 heavy (non-hydrogen) atoms. The quantitative estimate of drug-likeness (QED) is 0.569. The number of benzene rings is 2. The second kappa shape index (κ2) is 5.15. The predicted octanol–water partition coefficient (Wildman–Crippen LogP) is 5.94. The summed E-state index contributed by atoms with van der Waals surface area (Å²) in [6.07, 6.45) is 0. The van der Waals surface area contributed by atoms with Gasteiger partial charge in [0.2, 0.25) is 0 Å². The average Bonchev–Trinajstić information content (AvgIpc) is 2.82. The third-order valence-electron chi connectivity index (χ3n) is 3.53. The first kappa shape index (κ1) is 14.6. The van der Waals surface area contributed by atoms with Crippen LogP contribution in [0.1, 0.15) is 26.3 Å². The van der Waals surface area contributed by atoms with Crippen molar-refractivity contribution < 1.29 is 0 Å². The number of fused-ring (bicyclic) bond motifs is 1. The van der Waals surface area contributed by atoms with Crippen LogP contribution in [-0.4, -0.2) is 9.97 Å². The number of hydrogen-bond acceptors (Lipinski definition) is 1. The Labute approximate surface area is 137 Å². The topological polar surface area (TPSA) is 28.7 Å². The molecule has 0 aliphatic rings. The van der Waals surface area contributed by atoms with Crippen LogP contribution in [0.2, 0.25) is 5.02 Å². The Morgan fingerprint density at radius 2 is 1.76 bits per heavy atom. The second-order valence-electron chi connectivity index (χ2n) is 6.20. The molecule has 0 fully saturated rings. The Morgan fingerprint density at radius 1 is 1.10 bits per heavy atom. The first-order valence-corrected chi connectivity index (χ1v) is 7.97. The van der Waals surface area contributed by atoms with Gasteiger partial charge in [0.1, 0.15) is 11.3 Å². The van der Waals surface area contributed by atoms with Crippen molar-refractivity contribution in [1.29, 1.82) is 0 Å². The number of halogens is 2. The second-order valence-corrected chi connectivity index (χ2v) is 7.52. The number of rotatable bonds is 1. The third-order valence-corrected chi connectivity index (χ3v) is 4.28. The van der Waals surface area contributed by atoms with Crippen LogP contribution in [0.25, 0.3) is 22.4 Å². The van der Waals surface area contributed by atoms with Crippen molar-refractivity contribution in [2.75, 3.05) is 0 Å². The maximum absolute atomic E-state index is 6.24. The molecule has 0 amide bonds. The normalized spacial score (nSPS) is 12.0. The average molecular weight is 364 g/mol. The highest BCUT2D eigenvalue weighted by molar-refractivity contribution is 9.10. The van der Waals surface area contributed by atoms with Gasteiger partial charge in [-0.05, 0) is 23.1 Å². The number of hydrogen-bond donors (Lipinski definition) is 1. The van der Waals surface area contributed by atoms with Crippen LogP contribution in [0, 0.1) is 0 Å². The maximum atomic E-state index is 6.24. The number of aromatic amines is 1. The van der Waals surface area contributed by atoms with Crippen LogP contribution in [0.15, 0.2) is 40.9 Å². The summed E-state index contributed by atoms with van der Waals surface area (Å²) in [7, 11) is 0. The smallest absolute Gasteiger partial charge is 0.138 e. The van der Waals surface area contributed by atoms with Gasteiger partial charge in [0.15, 0.2) is 0 Å². The number of nitrogens with one attached hydrogen (secondary N) is 1. The molecule has 0 spiro atoms. The summed E-state index contributed by atoms with van der Waals surface area (Å²) >= 11 is 9.68. The SMILES string of the molecule is CC(C)(C)c1ccc(-c2nc3c(Cl)cc(Br)cc3[nH]2)cc1. The molecular weight excluding hydrogens is 348 g/mol. The first-order valence-electron chi connectivity index (χ1n) is 6.80. The van der Waals surface area contributed by atoms with Crippen molar-refractivity contribution in [2.24, 2.45) is 0 Å². The highest BCUT2D eigenvalue weighted by Crippen LogP contribution is 2.30. The van der Waals surface area contributed by atoms with Crippen LogP contribution in [0.5, 0.6) is 0 Å². The molecule has 0 saturated heterocycles. The zero-order chi connectivity index (χ0) is 15.2. The summed E-state index contributed by atoms with van der Waals surface area (Å²) in [6.45, 7) is 6.63. The molecule has 3 rings (SSSR count). The highest BCUT2D eigenvalue weighted by Gasteiger charge is 2.14. The molecule has 1 heterocycles. The summed E-state index contributed by atoms with van der Waals surface area (Å²) < 4.78 is 0.943. The molecule has 2 nitrogen and oxygen atoms in total. The van der Waals surface area contributed by atoms with Gasteiger partial charge in [-0.2, -0.15) is 0 Å². The van der Waals surface area contributed by atoms with Crippen LogP contribution < -0.4 is 0 Å². The largest absolute Gasteiger partial charge is 0.338 e. The fraction of sp³-hybridized carbons (Fsp3) is 0.235. The molecule has 0 aliphatic heterocycles. The molecule has 0 radical (unpaired) electrons. The lowest BCUT2D eigenvalue weighted by atomic mass is 9.87. The minimum atomic E-state index is 0.153. The lowest BCUT2D eigenvalue weighted by Crippen LogP contribution is -2.10. The summed E-state index contributed by atoms with van der Waals surface area (Å²) in [4.78, 5) is 7.93. The number of H-pyrrole nitrogens is 1. The molecule has 0 saturated carbocycles. The van der Waals surface area contributed by atoms with Crippen molar-refractivity contribution in [1.82, 2.24) is 9.97 Å². The molecule has 108 valence electrons. The molecule has 0 unspecified atom stereocenters. The summed E-state index contributed by atoms with van der Waals surface area (Å²) in [6, 6.07) is 12.3. The fourth-order valence-electron chi connectivity index (χ4n) is 2.31. The number of aromatic nitrogens is 2. The molecule has 0 bridgehead atoms. The third kappa shape index (κ3) is 2.85. The van der Waals surface area contributed by atoms with E-state index in [4.69, 9.17) is 11.6 Å². The molecular formula is C17H16BrClN2. The first-order chi connectivity index (χ1) is 9.84. The molecule has 1 aromatic heterocycles. The van der Waals surface area contributed by atoms with E-state index in [1.807, 2.05) is 12.1 Å². The van der Waals surface area contributed by atoms with Gasteiger partial charge in [-0.15, -0.1) is 0 Å². The van der Waals surface area contributed by atoms with Gasteiger partial charge < -0.3 is 4.98 Å². The van der Waals surface area contributed by atoms with E-state index < -0.39 is 0 Å². The molecule has 2 aromatic carbocycles. The van der Waals surface area contributed by atoms with Crippen molar-refractivity contribution in [3.05, 3.63) is 51.5 Å². The Bertz CT molecular complexity index is 798. The predicted molar refractivity (Wildman–Crippen MR) is 92.9 cm³/mol. The Kier molecular flexibility index (Phi) is 3.58. The Morgan fingerprint density at radius 3 is 2.38 bits per heavy atom. The van der Waals surface area contributed by atoms with Gasteiger partial charge in [-0.25, -0.2) is 4.98 Å². The number of imidazole rings is 1. The van der Waals surface area contributed by atoms with Crippen molar-refractivity contribution >= 4 is 38.6 Å². The van der Waals surface area contributed by atoms with Gasteiger partial charge in [-0.3, -0.25) is 0 Å². The van der Waals surface area contributed by atoms with Gasteiger partial charge in [0.05, 0.1) is 10.5 Å². The van der Waals surface area contributed by atoms with E-state index in [9.17, 15) is 0 Å². The highest BCUT2D eigenvalue weighted by atomic mass is 79.9. The minimum Gasteiger partial charge on any atom is -0.338 e. The van der Waals surface area contributed by atoms with E-state index in [-0.39, 0.29) is 5.41 Å². The minimum absolute atomic E-state index is 0.153. The Hall–Kier alpha value is -1.32. The number of nitrogens with zero attached hydrogens (tertiary/aromatic N) is 1. The molecule has 0 atom stereocenters. The van der Waals surface area contributed by atoms with Gasteiger partial charge in [0, 0.05) is 10.0 Å². The zero-order valence-electron chi connectivity index (χ0n) is 12.2. The molecule has 1 N–H and O–H groups in total. The summed E-state index contributed by atoms with van der Waals surface area (Å²) in [5, 5.41) is 0.646. The molecule has 0 aliphatic carbocycles. The van der Waals surface area contributed by atoms with Crippen molar-refractivity contribution in [3.8, 4) is 11.4 Å². The van der Waals surface area contributed by atoms with E-state index in [2.05, 4.69) is 70.9 Å². The van der Waals surface area contributed by atoms with Crippen LogP contribution in [-0.2, 0) is 5.41 Å². The maximum Gasteiger partial charge on any atom is 0.138 e. The van der Waals surface area contributed by atoms with E-state index in [1.54, 1.807) is 0 Å². The fourth-order valence-corrected chi connectivity index (χ4v) is 3.16. The monoisotopic (exact) mass is 362 g/mol. The lowest BCUT2D eigenvalue weighted by Gasteiger charge is -2.18. The van der Waals surface area contributed by atoms with E-state index in [0.29, 0.717) is 5.02 Å². The van der Waals surface area contributed by atoms with Gasteiger partial charge >= 0.3 is 0 Å². The lowest BCUT2D eigenvalue weighted by molar-refractivity contribution is 0.590. The van der Waals surface area contributed by atoms with E-state index >= 15 is 0 Å². The summed E-state index contributed by atoms with van der Waals surface area (Å²) in [5.74, 6) is 0.838. The van der Waals surface area contributed by atoms with Gasteiger partial charge in [0.25, 0.3) is 0 Å². The van der Waals surface area contributed by atoms with E-state index in [1.165, 1.54) is 5.56 Å². The van der Waals surface area contributed by atoms with Gasteiger partial charge in [-0.1, -0.05) is 72.6 Å². The van der Waals surface area contributed by atoms with Crippen LogP contribution in [0.3, 0.4) is 0 Å². The van der Waals surface area contributed by atoms with Crippen LogP contribution >= 0.6 is 27.5 Å². The van der Waals surface area contributed by atoms with Crippen LogP contribution in [0.4, 0.5) is 0 Å². The summed E-state index contributed by atoms with van der Waals surface area (Å²) in [5.41, 5.74) is 4.26. The standard InChI is InChI=1S/C17H16BrClN2/c1-17(2,3)11-6-4-10(5-7-11)16-20-14-9-12(18)8-13(19)15(14)21-16/h4-9H,1-3H3,(H,20,21). The van der Waals surface area contributed by atoms with Crippen molar-refractivity contribution in [3.63, 3.8) is 0 Å². The van der Waals surface area contributed by atoms with Crippen molar-refractivity contribution in [2.45, 2.75) is 26.2 Å². The zero-order valence-corrected chi connectivity index (χ0v) is 14.5. The molecule has 4 heteroatoms. The van der Waals surface area contributed by atoms with E-state index in [0.717, 1.165) is 26.9 Å².